The number of fused-ring (bicyclic) bond motifs is 3. The molecule has 2 aromatic carbocycles. The van der Waals surface area contributed by atoms with E-state index in [9.17, 15) is 4.79 Å². The van der Waals surface area contributed by atoms with Gasteiger partial charge in [0.05, 0.1) is 19.9 Å². The molecule has 29 heavy (non-hydrogen) atoms. The lowest BCUT2D eigenvalue weighted by atomic mass is 9.86. The molecule has 6 nitrogen and oxygen atoms in total. The highest BCUT2D eigenvalue weighted by atomic mass is 16.5. The Kier molecular flexibility index (Phi) is 5.90. The number of hydrogen-bond acceptors (Lipinski definition) is 6. The number of nitrogens with zero attached hydrogens (tertiary/aromatic N) is 1. The van der Waals surface area contributed by atoms with Crippen LogP contribution in [0.1, 0.15) is 24.4 Å². The van der Waals surface area contributed by atoms with Crippen LogP contribution in [0.25, 0.3) is 0 Å². The summed E-state index contributed by atoms with van der Waals surface area (Å²) >= 11 is 0. The van der Waals surface area contributed by atoms with Gasteiger partial charge in [-0.2, -0.15) is 0 Å². The fourth-order valence-electron chi connectivity index (χ4n) is 4.27. The van der Waals surface area contributed by atoms with Crippen LogP contribution in [0.4, 0.5) is 5.69 Å². The summed E-state index contributed by atoms with van der Waals surface area (Å²) in [6, 6.07) is 14.5. The Balaban J connectivity index is 1.58. The second-order valence-corrected chi connectivity index (χ2v) is 7.67. The molecular weight excluding hydrogens is 368 g/mol. The van der Waals surface area contributed by atoms with Crippen molar-refractivity contribution < 1.29 is 19.0 Å². The Hall–Kier alpha value is -2.73. The van der Waals surface area contributed by atoms with Crippen LogP contribution < -0.4 is 14.8 Å². The zero-order chi connectivity index (χ0) is 20.2. The molecule has 1 unspecified atom stereocenters. The third kappa shape index (κ3) is 4.32. The van der Waals surface area contributed by atoms with Gasteiger partial charge in [0, 0.05) is 12.6 Å². The fraction of sp³-hybridized carbons (Fsp3) is 0.435. The molecule has 0 radical (unpaired) electrons. The number of piperidine rings is 3. The summed E-state index contributed by atoms with van der Waals surface area (Å²) in [4.78, 5) is 15.7. The minimum absolute atomic E-state index is 0.0368. The van der Waals surface area contributed by atoms with Gasteiger partial charge in [0.2, 0.25) is 0 Å². The summed E-state index contributed by atoms with van der Waals surface area (Å²) in [6.07, 6.45) is 2.17. The number of esters is 1. The van der Waals surface area contributed by atoms with Gasteiger partial charge in [-0.25, -0.2) is 4.79 Å². The summed E-state index contributed by atoms with van der Waals surface area (Å²) < 4.78 is 16.8. The summed E-state index contributed by atoms with van der Waals surface area (Å²) in [5.74, 6) is 1.53. The van der Waals surface area contributed by atoms with E-state index in [4.69, 9.17) is 14.2 Å². The van der Waals surface area contributed by atoms with Gasteiger partial charge in [-0.05, 0) is 49.5 Å². The maximum atomic E-state index is 13.3. The third-order valence-corrected chi connectivity index (χ3v) is 5.94. The third-order valence-electron chi connectivity index (χ3n) is 5.94. The van der Waals surface area contributed by atoms with E-state index in [-0.39, 0.29) is 12.1 Å². The van der Waals surface area contributed by atoms with Crippen LogP contribution in [0.2, 0.25) is 0 Å². The van der Waals surface area contributed by atoms with E-state index in [1.54, 1.807) is 14.2 Å². The average Bonchev–Trinajstić information content (AvgIpc) is 2.78. The molecule has 0 spiro atoms. The molecule has 3 heterocycles. The van der Waals surface area contributed by atoms with Gasteiger partial charge >= 0.3 is 5.97 Å². The lowest BCUT2D eigenvalue weighted by molar-refractivity contribution is -0.159. The minimum atomic E-state index is -0.632. The topological polar surface area (TPSA) is 60.0 Å². The number of nitrogens with one attached hydrogen (secondary N) is 1. The van der Waals surface area contributed by atoms with E-state index < -0.39 is 6.04 Å². The lowest BCUT2D eigenvalue weighted by Gasteiger charge is -2.44. The number of hydrogen-bond donors (Lipinski definition) is 1. The summed E-state index contributed by atoms with van der Waals surface area (Å²) in [5, 5.41) is 3.33. The Labute approximate surface area is 171 Å². The van der Waals surface area contributed by atoms with E-state index in [0.29, 0.717) is 23.1 Å². The van der Waals surface area contributed by atoms with Crippen LogP contribution in [0.3, 0.4) is 0 Å². The quantitative estimate of drug-likeness (QED) is 0.723. The number of benzene rings is 2. The highest BCUT2D eigenvalue weighted by molar-refractivity contribution is 5.82. The molecule has 2 atom stereocenters. The van der Waals surface area contributed by atoms with E-state index in [2.05, 4.69) is 10.2 Å². The Morgan fingerprint density at radius 2 is 1.83 bits per heavy atom. The molecule has 0 aliphatic carbocycles. The van der Waals surface area contributed by atoms with E-state index in [1.165, 1.54) is 0 Å². The smallest absolute Gasteiger partial charge is 0.333 e. The van der Waals surface area contributed by atoms with Crippen molar-refractivity contribution in [3.63, 3.8) is 0 Å². The normalized spacial score (nSPS) is 23.9. The molecule has 1 N–H and O–H groups in total. The van der Waals surface area contributed by atoms with Crippen molar-refractivity contribution in [1.29, 1.82) is 0 Å². The highest BCUT2D eigenvalue weighted by Gasteiger charge is 2.38. The number of ether oxygens (including phenoxy) is 3. The van der Waals surface area contributed by atoms with Gasteiger partial charge in [0.25, 0.3) is 0 Å². The minimum Gasteiger partial charge on any atom is -0.497 e. The molecule has 0 saturated carbocycles. The molecule has 0 aromatic heterocycles. The standard InChI is InChI=1S/C23H28N2O4/c1-27-18-8-9-20(28-2)19(14-18)24-22(17-6-4-3-5-7-17)23(26)29-21-15-25-12-10-16(21)11-13-25/h3-9,14,16,21-22,24H,10-13,15H2,1-2H3/t21-,22?/m0/s1. The van der Waals surface area contributed by atoms with Gasteiger partial charge in [0.15, 0.2) is 6.04 Å². The van der Waals surface area contributed by atoms with Gasteiger partial charge in [-0.3, -0.25) is 4.90 Å². The highest BCUT2D eigenvalue weighted by Crippen LogP contribution is 2.34. The van der Waals surface area contributed by atoms with Crippen LogP contribution in [0.15, 0.2) is 48.5 Å². The number of anilines is 1. The Bertz CT molecular complexity index is 834. The molecule has 0 amide bonds. The van der Waals surface area contributed by atoms with Gasteiger partial charge in [-0.1, -0.05) is 30.3 Å². The fourth-order valence-corrected chi connectivity index (χ4v) is 4.27. The molecule has 3 aliphatic heterocycles. The SMILES string of the molecule is COc1ccc(OC)c(NC(C(=O)O[C@H]2CN3CCC2CC3)c2ccccc2)c1. The summed E-state index contributed by atoms with van der Waals surface area (Å²) in [7, 11) is 3.22. The molecule has 6 heteroatoms. The van der Waals surface area contributed by atoms with Gasteiger partial charge in [-0.15, -0.1) is 0 Å². The van der Waals surface area contributed by atoms with E-state index in [1.807, 2.05) is 48.5 Å². The molecule has 3 fully saturated rings. The van der Waals surface area contributed by atoms with Crippen LogP contribution in [-0.2, 0) is 9.53 Å². The monoisotopic (exact) mass is 396 g/mol. The number of carbonyl (C=O) groups excluding carboxylic acids is 1. The van der Waals surface area contributed by atoms with Crippen LogP contribution >= 0.6 is 0 Å². The van der Waals surface area contributed by atoms with Crippen molar-refractivity contribution in [2.45, 2.75) is 25.0 Å². The molecule has 3 saturated heterocycles. The number of rotatable bonds is 7. The molecular formula is C23H28N2O4. The summed E-state index contributed by atoms with van der Waals surface area (Å²) in [5.41, 5.74) is 1.54. The van der Waals surface area contributed by atoms with Crippen molar-refractivity contribution in [3.8, 4) is 11.5 Å². The molecule has 2 bridgehead atoms. The zero-order valence-electron chi connectivity index (χ0n) is 17.0. The Morgan fingerprint density at radius 3 is 2.45 bits per heavy atom. The first-order valence-corrected chi connectivity index (χ1v) is 10.1. The number of carbonyl (C=O) groups is 1. The van der Waals surface area contributed by atoms with Gasteiger partial charge in [0.1, 0.15) is 17.6 Å². The van der Waals surface area contributed by atoms with Crippen molar-refractivity contribution >= 4 is 11.7 Å². The second kappa shape index (κ2) is 8.74. The maximum absolute atomic E-state index is 13.3. The van der Waals surface area contributed by atoms with E-state index >= 15 is 0 Å². The predicted molar refractivity (Wildman–Crippen MR) is 111 cm³/mol. The van der Waals surface area contributed by atoms with Crippen molar-refractivity contribution in [1.82, 2.24) is 4.90 Å². The molecule has 2 aromatic rings. The average molecular weight is 396 g/mol. The molecule has 154 valence electrons. The zero-order valence-corrected chi connectivity index (χ0v) is 17.0. The summed E-state index contributed by atoms with van der Waals surface area (Å²) in [6.45, 7) is 3.06. The van der Waals surface area contributed by atoms with E-state index in [0.717, 1.165) is 38.0 Å². The van der Waals surface area contributed by atoms with Crippen molar-refractivity contribution in [2.75, 3.05) is 39.2 Å². The van der Waals surface area contributed by atoms with Crippen LogP contribution in [0, 0.1) is 5.92 Å². The first-order valence-electron chi connectivity index (χ1n) is 10.1. The molecule has 5 rings (SSSR count). The van der Waals surface area contributed by atoms with Crippen LogP contribution in [-0.4, -0.2) is 50.8 Å². The van der Waals surface area contributed by atoms with Crippen molar-refractivity contribution in [2.24, 2.45) is 5.92 Å². The lowest BCUT2D eigenvalue weighted by Crippen LogP contribution is -2.52. The largest absolute Gasteiger partial charge is 0.497 e. The second-order valence-electron chi connectivity index (χ2n) is 7.67. The maximum Gasteiger partial charge on any atom is 0.333 e. The van der Waals surface area contributed by atoms with Crippen LogP contribution in [0.5, 0.6) is 11.5 Å². The first kappa shape index (κ1) is 19.6. The van der Waals surface area contributed by atoms with Crippen molar-refractivity contribution in [3.05, 3.63) is 54.1 Å². The molecule has 3 aliphatic rings. The predicted octanol–water partition coefficient (Wildman–Crippen LogP) is 3.49. The number of methoxy groups -OCH3 is 2. The Morgan fingerprint density at radius 1 is 1.07 bits per heavy atom. The first-order chi connectivity index (χ1) is 14.2. The van der Waals surface area contributed by atoms with Gasteiger partial charge < -0.3 is 19.5 Å².